The summed E-state index contributed by atoms with van der Waals surface area (Å²) in [6, 6.07) is 3.84. The average molecular weight is 232 g/mol. The van der Waals surface area contributed by atoms with Gasteiger partial charge in [0.1, 0.15) is 0 Å². The molecule has 17 heavy (non-hydrogen) atoms. The van der Waals surface area contributed by atoms with Crippen molar-refractivity contribution >= 4 is 11.9 Å². The van der Waals surface area contributed by atoms with Crippen molar-refractivity contribution in [3.63, 3.8) is 0 Å². The first-order valence-corrected chi connectivity index (χ1v) is 5.48. The van der Waals surface area contributed by atoms with Gasteiger partial charge in [0.15, 0.2) is 5.96 Å². The second-order valence-electron chi connectivity index (χ2n) is 4.94. The van der Waals surface area contributed by atoms with E-state index in [0.29, 0.717) is 0 Å². The summed E-state index contributed by atoms with van der Waals surface area (Å²) in [5.41, 5.74) is 11.4. The highest BCUT2D eigenvalue weighted by Gasteiger charge is 2.62. The quantitative estimate of drug-likeness (QED) is 0.577. The van der Waals surface area contributed by atoms with Gasteiger partial charge >= 0.3 is 0 Å². The molecule has 1 aliphatic carbocycles. The van der Waals surface area contributed by atoms with Crippen molar-refractivity contribution in [2.45, 2.75) is 19.8 Å². The minimum absolute atomic E-state index is 0.112. The summed E-state index contributed by atoms with van der Waals surface area (Å²) in [7, 11) is 0. The van der Waals surface area contributed by atoms with Crippen LogP contribution in [0.15, 0.2) is 29.5 Å². The fraction of sp³-hybridized carbons (Fsp3) is 0.417. The highest BCUT2D eigenvalue weighted by Crippen LogP contribution is 2.64. The molecule has 5 heteroatoms. The number of pyridine rings is 1. The van der Waals surface area contributed by atoms with Crippen LogP contribution < -0.4 is 11.5 Å². The predicted octanol–water partition coefficient (Wildman–Crippen LogP) is 0.621. The Hall–Kier alpha value is -1.91. The summed E-state index contributed by atoms with van der Waals surface area (Å²) >= 11 is 0. The molecule has 1 amide bonds. The molecule has 90 valence electrons. The summed E-state index contributed by atoms with van der Waals surface area (Å²) in [4.78, 5) is 19.5. The standard InChI is InChI=1S/C12H16N4O/c1-12(2)8(7-4-3-5-15-6-7)9(12)10(17)16-11(13)14/h3-6,8-9H,1-2H3,(H4,13,14,16,17)/t8?,9-/m0/s1. The van der Waals surface area contributed by atoms with Gasteiger partial charge in [-0.15, -0.1) is 0 Å². The van der Waals surface area contributed by atoms with Crippen LogP contribution >= 0.6 is 0 Å². The minimum atomic E-state index is -0.246. The van der Waals surface area contributed by atoms with Crippen LogP contribution in [-0.2, 0) is 4.79 Å². The van der Waals surface area contributed by atoms with Crippen LogP contribution in [-0.4, -0.2) is 16.9 Å². The van der Waals surface area contributed by atoms with Crippen molar-refractivity contribution in [3.05, 3.63) is 30.1 Å². The van der Waals surface area contributed by atoms with E-state index in [9.17, 15) is 4.79 Å². The zero-order valence-corrected chi connectivity index (χ0v) is 9.92. The van der Waals surface area contributed by atoms with Crippen LogP contribution in [0.1, 0.15) is 25.3 Å². The number of hydrogen-bond acceptors (Lipinski definition) is 2. The maximum Gasteiger partial charge on any atom is 0.253 e. The smallest absolute Gasteiger partial charge is 0.253 e. The Balaban J connectivity index is 2.23. The second-order valence-corrected chi connectivity index (χ2v) is 4.94. The number of carbonyl (C=O) groups excluding carboxylic acids is 1. The van der Waals surface area contributed by atoms with Gasteiger partial charge in [-0.2, -0.15) is 4.99 Å². The molecule has 0 aliphatic heterocycles. The number of aromatic nitrogens is 1. The van der Waals surface area contributed by atoms with Crippen LogP contribution in [0.3, 0.4) is 0 Å². The monoisotopic (exact) mass is 232 g/mol. The fourth-order valence-corrected chi connectivity index (χ4v) is 2.48. The van der Waals surface area contributed by atoms with Crippen molar-refractivity contribution in [2.75, 3.05) is 0 Å². The zero-order chi connectivity index (χ0) is 12.6. The number of rotatable bonds is 2. The van der Waals surface area contributed by atoms with Crippen molar-refractivity contribution in [3.8, 4) is 0 Å². The van der Waals surface area contributed by atoms with E-state index >= 15 is 0 Å². The Bertz CT molecular complexity index is 463. The molecule has 2 atom stereocenters. The molecular weight excluding hydrogens is 216 g/mol. The molecule has 1 heterocycles. The van der Waals surface area contributed by atoms with Crippen LogP contribution in [0.25, 0.3) is 0 Å². The Morgan fingerprint density at radius 3 is 2.71 bits per heavy atom. The molecule has 4 N–H and O–H groups in total. The van der Waals surface area contributed by atoms with E-state index < -0.39 is 0 Å². The first kappa shape index (κ1) is 11.6. The molecule has 1 aromatic rings. The van der Waals surface area contributed by atoms with E-state index in [-0.39, 0.29) is 29.1 Å². The van der Waals surface area contributed by atoms with Gasteiger partial charge in [0.25, 0.3) is 5.91 Å². The largest absolute Gasteiger partial charge is 0.370 e. The van der Waals surface area contributed by atoms with Gasteiger partial charge in [-0.1, -0.05) is 19.9 Å². The van der Waals surface area contributed by atoms with Gasteiger partial charge < -0.3 is 11.5 Å². The maximum atomic E-state index is 11.8. The number of nitrogens with zero attached hydrogens (tertiary/aromatic N) is 2. The molecule has 1 saturated carbocycles. The third-order valence-electron chi connectivity index (χ3n) is 3.38. The average Bonchev–Trinajstić information content (AvgIpc) is 2.82. The molecule has 1 unspecified atom stereocenters. The summed E-state index contributed by atoms with van der Waals surface area (Å²) < 4.78 is 0. The number of aliphatic imine (C=N–C) groups is 1. The second kappa shape index (κ2) is 3.84. The third kappa shape index (κ3) is 2.00. The van der Waals surface area contributed by atoms with Gasteiger partial charge in [0.05, 0.1) is 5.92 Å². The molecule has 5 nitrogen and oxygen atoms in total. The number of nitrogens with two attached hydrogens (primary N) is 2. The van der Waals surface area contributed by atoms with E-state index in [1.807, 2.05) is 26.0 Å². The lowest BCUT2D eigenvalue weighted by molar-refractivity contribution is -0.119. The lowest BCUT2D eigenvalue weighted by Crippen LogP contribution is -2.25. The van der Waals surface area contributed by atoms with Crippen LogP contribution in [0.2, 0.25) is 0 Å². The first-order chi connectivity index (χ1) is 7.94. The Kier molecular flexibility index (Phi) is 2.61. The number of carbonyl (C=O) groups is 1. The lowest BCUT2D eigenvalue weighted by atomic mass is 10.1. The van der Waals surface area contributed by atoms with Crippen LogP contribution in [0.4, 0.5) is 0 Å². The third-order valence-corrected chi connectivity index (χ3v) is 3.38. The normalized spacial score (nSPS) is 25.1. The Morgan fingerprint density at radius 1 is 1.47 bits per heavy atom. The molecule has 0 saturated heterocycles. The first-order valence-electron chi connectivity index (χ1n) is 5.48. The predicted molar refractivity (Wildman–Crippen MR) is 65.1 cm³/mol. The van der Waals surface area contributed by atoms with E-state index in [0.717, 1.165) is 5.56 Å². The van der Waals surface area contributed by atoms with Gasteiger partial charge in [0, 0.05) is 18.3 Å². The molecule has 0 bridgehead atoms. The van der Waals surface area contributed by atoms with Crippen molar-refractivity contribution in [1.82, 2.24) is 4.98 Å². The summed E-state index contributed by atoms with van der Waals surface area (Å²) in [6.45, 7) is 4.07. The fourth-order valence-electron chi connectivity index (χ4n) is 2.48. The molecule has 0 radical (unpaired) electrons. The zero-order valence-electron chi connectivity index (χ0n) is 9.92. The van der Waals surface area contributed by atoms with E-state index in [1.54, 1.807) is 12.4 Å². The van der Waals surface area contributed by atoms with E-state index in [1.165, 1.54) is 0 Å². The molecule has 0 spiro atoms. The number of guanidine groups is 1. The van der Waals surface area contributed by atoms with Crippen molar-refractivity contribution in [2.24, 2.45) is 27.8 Å². The maximum absolute atomic E-state index is 11.8. The van der Waals surface area contributed by atoms with E-state index in [2.05, 4.69) is 9.98 Å². The van der Waals surface area contributed by atoms with Crippen LogP contribution in [0.5, 0.6) is 0 Å². The highest BCUT2D eigenvalue weighted by molar-refractivity contribution is 5.95. The molecule has 1 aliphatic rings. The van der Waals surface area contributed by atoms with Gasteiger partial charge in [-0.25, -0.2) is 0 Å². The summed E-state index contributed by atoms with van der Waals surface area (Å²) in [5.74, 6) is -0.438. The topological polar surface area (TPSA) is 94.4 Å². The Labute approximate surface area is 99.9 Å². The van der Waals surface area contributed by atoms with Gasteiger partial charge in [0.2, 0.25) is 0 Å². The van der Waals surface area contributed by atoms with Crippen molar-refractivity contribution in [1.29, 1.82) is 0 Å². The minimum Gasteiger partial charge on any atom is -0.370 e. The lowest BCUT2D eigenvalue weighted by Gasteiger charge is -2.00. The molecule has 0 aromatic carbocycles. The van der Waals surface area contributed by atoms with Gasteiger partial charge in [-0.05, 0) is 17.0 Å². The molecule has 1 aromatic heterocycles. The van der Waals surface area contributed by atoms with E-state index in [4.69, 9.17) is 11.5 Å². The van der Waals surface area contributed by atoms with Crippen molar-refractivity contribution < 1.29 is 4.79 Å². The SMILES string of the molecule is CC1(C)C(c2cccnc2)[C@H]1C(=O)N=C(N)N. The summed E-state index contributed by atoms with van der Waals surface area (Å²) in [6.07, 6.45) is 3.50. The molecule has 2 rings (SSSR count). The van der Waals surface area contributed by atoms with Crippen LogP contribution in [0, 0.1) is 11.3 Å². The highest BCUT2D eigenvalue weighted by atomic mass is 16.1. The Morgan fingerprint density at radius 2 is 2.18 bits per heavy atom. The number of amides is 1. The molecular formula is C12H16N4O. The van der Waals surface area contributed by atoms with Gasteiger partial charge in [-0.3, -0.25) is 9.78 Å². The number of hydrogen-bond donors (Lipinski definition) is 2. The molecule has 1 fully saturated rings. The summed E-state index contributed by atoms with van der Waals surface area (Å²) in [5, 5.41) is 0.